The van der Waals surface area contributed by atoms with Crippen LogP contribution in [0, 0.1) is 11.3 Å². The van der Waals surface area contributed by atoms with Gasteiger partial charge >= 0.3 is 0 Å². The second kappa shape index (κ2) is 5.73. The molecule has 21 heavy (non-hydrogen) atoms. The summed E-state index contributed by atoms with van der Waals surface area (Å²) in [6.45, 7) is 1.48. The molecule has 0 aromatic carbocycles. The minimum absolute atomic E-state index is 0.437. The van der Waals surface area contributed by atoms with Crippen LogP contribution in [0.25, 0.3) is 11.0 Å². The molecule has 3 aromatic rings. The first-order valence-corrected chi connectivity index (χ1v) is 6.74. The monoisotopic (exact) mass is 277 g/mol. The van der Waals surface area contributed by atoms with E-state index >= 15 is 0 Å². The molecule has 0 atom stereocenters. The van der Waals surface area contributed by atoms with Gasteiger partial charge in [0.05, 0.1) is 0 Å². The van der Waals surface area contributed by atoms with Crippen LogP contribution >= 0.6 is 0 Å². The molecule has 0 spiro atoms. The van der Waals surface area contributed by atoms with Crippen LogP contribution in [0.15, 0.2) is 42.9 Å². The summed E-state index contributed by atoms with van der Waals surface area (Å²) in [7, 11) is 1.93. The molecular weight excluding hydrogens is 262 g/mol. The van der Waals surface area contributed by atoms with Gasteiger partial charge in [0.1, 0.15) is 17.4 Å². The van der Waals surface area contributed by atoms with Crippen molar-refractivity contribution in [2.75, 3.05) is 7.05 Å². The quantitative estimate of drug-likeness (QED) is 0.792. The van der Waals surface area contributed by atoms with Crippen molar-refractivity contribution < 1.29 is 0 Å². The van der Waals surface area contributed by atoms with Crippen LogP contribution in [-0.2, 0) is 13.1 Å². The van der Waals surface area contributed by atoms with Crippen molar-refractivity contribution in [3.63, 3.8) is 0 Å². The van der Waals surface area contributed by atoms with Gasteiger partial charge in [-0.1, -0.05) is 0 Å². The Morgan fingerprint density at radius 3 is 3.00 bits per heavy atom. The molecule has 0 fully saturated rings. The molecule has 3 rings (SSSR count). The van der Waals surface area contributed by atoms with Gasteiger partial charge in [-0.2, -0.15) is 5.26 Å². The molecule has 0 radical (unpaired) electrons. The van der Waals surface area contributed by atoms with E-state index < -0.39 is 0 Å². The maximum absolute atomic E-state index is 8.93. The van der Waals surface area contributed by atoms with Gasteiger partial charge in [-0.05, 0) is 42.4 Å². The van der Waals surface area contributed by atoms with E-state index in [1.165, 1.54) is 5.56 Å². The minimum atomic E-state index is 0.437. The van der Waals surface area contributed by atoms with Gasteiger partial charge in [-0.15, -0.1) is 0 Å². The fourth-order valence-corrected chi connectivity index (χ4v) is 2.48. The summed E-state index contributed by atoms with van der Waals surface area (Å²) in [5.41, 5.74) is 3.65. The molecule has 3 aromatic heterocycles. The molecule has 5 heteroatoms. The number of nitrogens with zero attached hydrogens (tertiary/aromatic N) is 4. The zero-order valence-corrected chi connectivity index (χ0v) is 11.7. The second-order valence-corrected chi connectivity index (χ2v) is 4.85. The summed E-state index contributed by atoms with van der Waals surface area (Å²) in [6, 6.07) is 9.84. The Morgan fingerprint density at radius 2 is 2.19 bits per heavy atom. The van der Waals surface area contributed by atoms with Crippen LogP contribution in [0.3, 0.4) is 0 Å². The summed E-state index contributed by atoms with van der Waals surface area (Å²) < 4.78 is 2.11. The maximum Gasteiger partial charge on any atom is 0.140 e. The lowest BCUT2D eigenvalue weighted by atomic mass is 10.2. The standard InChI is InChI=1S/C16H15N5/c1-18-9-13-11-21(16-15(13)3-2-5-20-16)10-12-4-6-19-14(7-12)8-17/h2-7,11,18H,9-10H2,1H3. The Hall–Kier alpha value is -2.71. The average molecular weight is 277 g/mol. The third-order valence-corrected chi connectivity index (χ3v) is 3.38. The van der Waals surface area contributed by atoms with E-state index in [9.17, 15) is 0 Å². The van der Waals surface area contributed by atoms with Gasteiger partial charge in [0, 0.05) is 37.1 Å². The van der Waals surface area contributed by atoms with Gasteiger partial charge in [-0.3, -0.25) is 0 Å². The van der Waals surface area contributed by atoms with E-state index in [0.717, 1.165) is 23.1 Å². The predicted octanol–water partition coefficient (Wildman–Crippen LogP) is 2.07. The number of hydrogen-bond acceptors (Lipinski definition) is 4. The zero-order chi connectivity index (χ0) is 14.7. The number of rotatable bonds is 4. The van der Waals surface area contributed by atoms with Crippen LogP contribution < -0.4 is 5.32 Å². The molecule has 0 saturated carbocycles. The SMILES string of the molecule is CNCc1cn(Cc2ccnc(C#N)c2)c2ncccc12. The lowest BCUT2D eigenvalue weighted by molar-refractivity contribution is 0.790. The first-order chi connectivity index (χ1) is 10.3. The van der Waals surface area contributed by atoms with E-state index in [-0.39, 0.29) is 0 Å². The van der Waals surface area contributed by atoms with Gasteiger partial charge < -0.3 is 9.88 Å². The Bertz CT molecular complexity index is 813. The highest BCUT2D eigenvalue weighted by molar-refractivity contribution is 5.80. The number of hydrogen-bond donors (Lipinski definition) is 1. The summed E-state index contributed by atoms with van der Waals surface area (Å²) in [5, 5.41) is 13.3. The predicted molar refractivity (Wildman–Crippen MR) is 80.6 cm³/mol. The molecule has 0 aliphatic rings. The number of aromatic nitrogens is 3. The first kappa shape index (κ1) is 13.3. The summed E-state index contributed by atoms with van der Waals surface area (Å²) in [5.74, 6) is 0. The molecule has 0 unspecified atom stereocenters. The largest absolute Gasteiger partial charge is 0.328 e. The van der Waals surface area contributed by atoms with Gasteiger partial charge in [-0.25, -0.2) is 9.97 Å². The van der Waals surface area contributed by atoms with E-state index in [1.54, 1.807) is 12.4 Å². The van der Waals surface area contributed by atoms with Crippen LogP contribution in [0.5, 0.6) is 0 Å². The van der Waals surface area contributed by atoms with Crippen LogP contribution in [0.1, 0.15) is 16.8 Å². The van der Waals surface area contributed by atoms with Gasteiger partial charge in [0.2, 0.25) is 0 Å². The summed E-state index contributed by atoms with van der Waals surface area (Å²) in [6.07, 6.45) is 5.58. The fourth-order valence-electron chi connectivity index (χ4n) is 2.48. The van der Waals surface area contributed by atoms with Gasteiger partial charge in [0.15, 0.2) is 0 Å². The smallest absolute Gasteiger partial charge is 0.140 e. The highest BCUT2D eigenvalue weighted by atomic mass is 15.0. The third kappa shape index (κ3) is 2.62. The number of nitriles is 1. The van der Waals surface area contributed by atoms with Crippen molar-refractivity contribution in [2.24, 2.45) is 0 Å². The molecule has 0 aliphatic heterocycles. The van der Waals surface area contributed by atoms with Crippen molar-refractivity contribution >= 4 is 11.0 Å². The maximum atomic E-state index is 8.93. The van der Waals surface area contributed by atoms with Crippen LogP contribution in [0.4, 0.5) is 0 Å². The highest BCUT2D eigenvalue weighted by Gasteiger charge is 2.09. The first-order valence-electron chi connectivity index (χ1n) is 6.74. The summed E-state index contributed by atoms with van der Waals surface area (Å²) >= 11 is 0. The highest BCUT2D eigenvalue weighted by Crippen LogP contribution is 2.20. The lowest BCUT2D eigenvalue weighted by Crippen LogP contribution is -2.04. The Morgan fingerprint density at radius 1 is 1.29 bits per heavy atom. The molecule has 0 saturated heterocycles. The second-order valence-electron chi connectivity index (χ2n) is 4.85. The molecule has 0 amide bonds. The Labute approximate surface area is 122 Å². The van der Waals surface area contributed by atoms with Gasteiger partial charge in [0.25, 0.3) is 0 Å². The molecule has 0 bridgehead atoms. The molecule has 104 valence electrons. The third-order valence-electron chi connectivity index (χ3n) is 3.38. The lowest BCUT2D eigenvalue weighted by Gasteiger charge is -2.04. The molecule has 0 aliphatic carbocycles. The molecule has 3 heterocycles. The van der Waals surface area contributed by atoms with Crippen LogP contribution in [0.2, 0.25) is 0 Å². The molecule has 1 N–H and O–H groups in total. The Balaban J connectivity index is 2.02. The number of nitrogens with one attached hydrogen (secondary N) is 1. The van der Waals surface area contributed by atoms with E-state index in [4.69, 9.17) is 5.26 Å². The molecule has 5 nitrogen and oxygen atoms in total. The van der Waals surface area contributed by atoms with E-state index in [0.29, 0.717) is 12.2 Å². The topological polar surface area (TPSA) is 66.5 Å². The van der Waals surface area contributed by atoms with E-state index in [1.807, 2.05) is 25.2 Å². The van der Waals surface area contributed by atoms with Crippen molar-refractivity contribution in [3.8, 4) is 6.07 Å². The fraction of sp³-hybridized carbons (Fsp3) is 0.188. The average Bonchev–Trinajstić information content (AvgIpc) is 2.86. The molecular formula is C16H15N5. The van der Waals surface area contributed by atoms with Crippen molar-refractivity contribution in [2.45, 2.75) is 13.1 Å². The minimum Gasteiger partial charge on any atom is -0.328 e. The van der Waals surface area contributed by atoms with Crippen LogP contribution in [-0.4, -0.2) is 21.6 Å². The number of fused-ring (bicyclic) bond motifs is 1. The zero-order valence-electron chi connectivity index (χ0n) is 11.7. The van der Waals surface area contributed by atoms with Crippen molar-refractivity contribution in [1.29, 1.82) is 5.26 Å². The Kier molecular flexibility index (Phi) is 3.63. The summed E-state index contributed by atoms with van der Waals surface area (Å²) in [4.78, 5) is 8.48. The number of pyridine rings is 2. The van der Waals surface area contributed by atoms with E-state index in [2.05, 4.69) is 38.2 Å². The van der Waals surface area contributed by atoms with Crippen molar-refractivity contribution in [3.05, 3.63) is 59.7 Å². The normalized spacial score (nSPS) is 10.7. The van der Waals surface area contributed by atoms with Crippen molar-refractivity contribution in [1.82, 2.24) is 19.9 Å².